The van der Waals surface area contributed by atoms with Gasteiger partial charge in [0.1, 0.15) is 0 Å². The van der Waals surface area contributed by atoms with Gasteiger partial charge in [0.15, 0.2) is 0 Å². The van der Waals surface area contributed by atoms with E-state index in [1.54, 1.807) is 0 Å². The molecule has 1 fully saturated rings. The van der Waals surface area contributed by atoms with Crippen LogP contribution in [0.25, 0.3) is 11.1 Å². The van der Waals surface area contributed by atoms with Gasteiger partial charge < -0.3 is 10.2 Å². The van der Waals surface area contributed by atoms with Crippen LogP contribution in [0.5, 0.6) is 0 Å². The third-order valence-corrected chi connectivity index (χ3v) is 6.15. The molecule has 1 unspecified atom stereocenters. The first kappa shape index (κ1) is 19.4. The summed E-state index contributed by atoms with van der Waals surface area (Å²) < 4.78 is 0. The molecule has 1 aliphatic heterocycles. The lowest BCUT2D eigenvalue weighted by Crippen LogP contribution is -2.43. The smallest absolute Gasteiger partial charge is 0.263 e. The van der Waals surface area contributed by atoms with E-state index < -0.39 is 0 Å². The number of aryl methyl sites for hydroxylation is 1. The summed E-state index contributed by atoms with van der Waals surface area (Å²) in [5.41, 5.74) is 4.20. The van der Waals surface area contributed by atoms with Gasteiger partial charge in [0, 0.05) is 18.8 Å². The zero-order valence-corrected chi connectivity index (χ0v) is 17.2. The molecule has 1 aromatic heterocycles. The number of piperidine rings is 1. The van der Waals surface area contributed by atoms with Gasteiger partial charge in [-0.25, -0.2) is 0 Å². The average molecular weight is 405 g/mol. The van der Waals surface area contributed by atoms with Gasteiger partial charge in [0.05, 0.1) is 10.8 Å². The van der Waals surface area contributed by atoms with Crippen molar-refractivity contribution in [2.45, 2.75) is 19.8 Å². The standard InChI is InChI=1S/C24H24N2O2S/c1-17-6-2-7-18(14-17)19-8-3-10-21(15-19)25-23(27)20-9-4-12-26(16-20)24(28)22-11-5-13-29-22/h2-3,5-8,10-11,13-15,20H,4,9,12,16H2,1H3,(H,25,27). The van der Waals surface area contributed by atoms with E-state index in [-0.39, 0.29) is 17.7 Å². The number of nitrogens with zero attached hydrogens (tertiary/aromatic N) is 1. The van der Waals surface area contributed by atoms with Gasteiger partial charge in [0.2, 0.25) is 5.91 Å². The summed E-state index contributed by atoms with van der Waals surface area (Å²) in [5.74, 6) is -0.177. The molecule has 4 rings (SSSR count). The van der Waals surface area contributed by atoms with Crippen molar-refractivity contribution >= 4 is 28.8 Å². The van der Waals surface area contributed by atoms with Crippen molar-refractivity contribution in [1.82, 2.24) is 4.90 Å². The second-order valence-electron chi connectivity index (χ2n) is 7.51. The maximum absolute atomic E-state index is 12.9. The zero-order chi connectivity index (χ0) is 20.2. The number of hydrogen-bond acceptors (Lipinski definition) is 3. The van der Waals surface area contributed by atoms with Crippen LogP contribution in [-0.4, -0.2) is 29.8 Å². The summed E-state index contributed by atoms with van der Waals surface area (Å²) in [7, 11) is 0. The number of hydrogen-bond donors (Lipinski definition) is 1. The Kier molecular flexibility index (Phi) is 5.76. The van der Waals surface area contributed by atoms with Crippen molar-refractivity contribution in [1.29, 1.82) is 0 Å². The molecule has 0 radical (unpaired) electrons. The van der Waals surface area contributed by atoms with Crippen LogP contribution in [0.1, 0.15) is 28.1 Å². The second kappa shape index (κ2) is 8.62. The molecule has 0 spiro atoms. The molecule has 2 heterocycles. The number of likely N-dealkylation sites (tertiary alicyclic amines) is 1. The zero-order valence-electron chi connectivity index (χ0n) is 16.4. The van der Waals surface area contributed by atoms with Gasteiger partial charge in [-0.3, -0.25) is 9.59 Å². The van der Waals surface area contributed by atoms with E-state index >= 15 is 0 Å². The summed E-state index contributed by atoms with van der Waals surface area (Å²) in [6, 6.07) is 20.0. The summed E-state index contributed by atoms with van der Waals surface area (Å²) in [5, 5.41) is 4.96. The molecule has 0 saturated carbocycles. The topological polar surface area (TPSA) is 49.4 Å². The van der Waals surface area contributed by atoms with Crippen molar-refractivity contribution in [3.05, 3.63) is 76.5 Å². The lowest BCUT2D eigenvalue weighted by molar-refractivity contribution is -0.121. The molecule has 5 heteroatoms. The Morgan fingerprint density at radius 3 is 2.59 bits per heavy atom. The lowest BCUT2D eigenvalue weighted by atomic mass is 9.96. The molecule has 1 saturated heterocycles. The van der Waals surface area contributed by atoms with Crippen molar-refractivity contribution in [2.75, 3.05) is 18.4 Å². The molecule has 2 amide bonds. The predicted octanol–water partition coefficient (Wildman–Crippen LogP) is 5.21. The summed E-state index contributed by atoms with van der Waals surface area (Å²) in [6.45, 7) is 3.25. The first-order valence-corrected chi connectivity index (χ1v) is 10.8. The van der Waals surface area contributed by atoms with Crippen LogP contribution in [-0.2, 0) is 4.79 Å². The van der Waals surface area contributed by atoms with E-state index in [2.05, 4.69) is 30.4 Å². The first-order valence-electron chi connectivity index (χ1n) is 9.91. The van der Waals surface area contributed by atoms with E-state index in [0.717, 1.165) is 34.5 Å². The van der Waals surface area contributed by atoms with E-state index in [4.69, 9.17) is 0 Å². The number of nitrogens with one attached hydrogen (secondary N) is 1. The van der Waals surface area contributed by atoms with Crippen LogP contribution in [0.3, 0.4) is 0 Å². The minimum absolute atomic E-state index is 0.0185. The van der Waals surface area contributed by atoms with E-state index in [0.29, 0.717) is 13.1 Å². The highest BCUT2D eigenvalue weighted by atomic mass is 32.1. The molecule has 29 heavy (non-hydrogen) atoms. The maximum atomic E-state index is 12.9. The average Bonchev–Trinajstić information content (AvgIpc) is 3.28. The van der Waals surface area contributed by atoms with Crippen LogP contribution in [0.2, 0.25) is 0 Å². The number of rotatable bonds is 4. The Morgan fingerprint density at radius 1 is 1.03 bits per heavy atom. The van der Waals surface area contributed by atoms with Gasteiger partial charge >= 0.3 is 0 Å². The van der Waals surface area contributed by atoms with Crippen LogP contribution in [0, 0.1) is 12.8 Å². The molecule has 0 aliphatic carbocycles. The highest BCUT2D eigenvalue weighted by molar-refractivity contribution is 7.12. The monoisotopic (exact) mass is 404 g/mol. The number of carbonyl (C=O) groups is 2. The van der Waals surface area contributed by atoms with Gasteiger partial charge in [-0.15, -0.1) is 11.3 Å². The lowest BCUT2D eigenvalue weighted by Gasteiger charge is -2.31. The third kappa shape index (κ3) is 4.57. The number of carbonyl (C=O) groups excluding carboxylic acids is 2. The number of benzene rings is 2. The van der Waals surface area contributed by atoms with Crippen molar-refractivity contribution in [3.63, 3.8) is 0 Å². The molecule has 4 nitrogen and oxygen atoms in total. The maximum Gasteiger partial charge on any atom is 0.263 e. The minimum atomic E-state index is -0.185. The third-order valence-electron chi connectivity index (χ3n) is 5.29. The minimum Gasteiger partial charge on any atom is -0.337 e. The Bertz CT molecular complexity index is 1010. The fourth-order valence-corrected chi connectivity index (χ4v) is 4.47. The first-order chi connectivity index (χ1) is 14.1. The Morgan fingerprint density at radius 2 is 1.83 bits per heavy atom. The van der Waals surface area contributed by atoms with Crippen LogP contribution in [0.15, 0.2) is 66.0 Å². The van der Waals surface area contributed by atoms with E-state index in [1.807, 2.05) is 52.7 Å². The molecule has 1 atom stereocenters. The highest BCUT2D eigenvalue weighted by Gasteiger charge is 2.29. The van der Waals surface area contributed by atoms with Gasteiger partial charge in [-0.2, -0.15) is 0 Å². The van der Waals surface area contributed by atoms with Crippen LogP contribution in [0.4, 0.5) is 5.69 Å². The summed E-state index contributed by atoms with van der Waals surface area (Å²) in [4.78, 5) is 28.0. The van der Waals surface area contributed by atoms with Gasteiger partial charge in [-0.1, -0.05) is 48.0 Å². The number of anilines is 1. The molecule has 2 aromatic carbocycles. The molecular formula is C24H24N2O2S. The molecule has 0 bridgehead atoms. The van der Waals surface area contributed by atoms with E-state index in [9.17, 15) is 9.59 Å². The van der Waals surface area contributed by atoms with Crippen molar-refractivity contribution in [3.8, 4) is 11.1 Å². The number of amides is 2. The summed E-state index contributed by atoms with van der Waals surface area (Å²) >= 11 is 1.45. The summed E-state index contributed by atoms with van der Waals surface area (Å²) in [6.07, 6.45) is 1.65. The molecule has 1 N–H and O–H groups in total. The van der Waals surface area contributed by atoms with Gasteiger partial charge in [-0.05, 0) is 54.5 Å². The normalized spacial score (nSPS) is 16.4. The predicted molar refractivity (Wildman–Crippen MR) is 118 cm³/mol. The largest absolute Gasteiger partial charge is 0.337 e. The fraction of sp³-hybridized carbons (Fsp3) is 0.250. The van der Waals surface area contributed by atoms with Crippen molar-refractivity contribution < 1.29 is 9.59 Å². The number of thiophene rings is 1. The van der Waals surface area contributed by atoms with Crippen molar-refractivity contribution in [2.24, 2.45) is 5.92 Å². The highest BCUT2D eigenvalue weighted by Crippen LogP contribution is 2.25. The fourth-order valence-electron chi connectivity index (χ4n) is 3.78. The Labute approximate surface area is 175 Å². The molecule has 3 aromatic rings. The molecule has 148 valence electrons. The Balaban J connectivity index is 1.44. The Hall–Kier alpha value is -2.92. The van der Waals surface area contributed by atoms with Crippen LogP contribution >= 0.6 is 11.3 Å². The quantitative estimate of drug-likeness (QED) is 0.649. The van der Waals surface area contributed by atoms with E-state index in [1.165, 1.54) is 16.9 Å². The SMILES string of the molecule is Cc1cccc(-c2cccc(NC(=O)C3CCCN(C(=O)c4cccs4)C3)c2)c1. The van der Waals surface area contributed by atoms with Crippen LogP contribution < -0.4 is 5.32 Å². The molecule has 1 aliphatic rings. The van der Waals surface area contributed by atoms with Gasteiger partial charge in [0.25, 0.3) is 5.91 Å². The molecular weight excluding hydrogens is 380 g/mol. The second-order valence-corrected chi connectivity index (χ2v) is 8.45.